The fourth-order valence-electron chi connectivity index (χ4n) is 1.85. The summed E-state index contributed by atoms with van der Waals surface area (Å²) in [4.78, 5) is -0.413. The van der Waals surface area contributed by atoms with E-state index in [4.69, 9.17) is 0 Å². The van der Waals surface area contributed by atoms with Gasteiger partial charge in [-0.1, -0.05) is 6.07 Å². The minimum absolute atomic E-state index is 0.214. The smallest absolute Gasteiger partial charge is 0.389 e. The number of hydrogen-bond acceptors (Lipinski definition) is 3. The third-order valence-corrected chi connectivity index (χ3v) is 4.76. The van der Waals surface area contributed by atoms with Gasteiger partial charge in [0.1, 0.15) is 0 Å². The summed E-state index contributed by atoms with van der Waals surface area (Å²) in [6.07, 6.45) is -4.62. The number of alkyl halides is 3. The van der Waals surface area contributed by atoms with Crippen LogP contribution in [0.15, 0.2) is 23.1 Å². The molecule has 8 heteroatoms. The molecule has 0 bridgehead atoms. The average molecular weight is 325 g/mol. The van der Waals surface area contributed by atoms with Crippen LogP contribution in [0.1, 0.15) is 25.0 Å². The second-order valence-electron chi connectivity index (χ2n) is 5.55. The molecule has 0 aliphatic carbocycles. The van der Waals surface area contributed by atoms with E-state index >= 15 is 0 Å². The zero-order valence-electron chi connectivity index (χ0n) is 12.2. The van der Waals surface area contributed by atoms with Gasteiger partial charge in [-0.05, 0) is 38.5 Å². The Kier molecular flexibility index (Phi) is 4.77. The van der Waals surface area contributed by atoms with Crippen LogP contribution in [0.3, 0.4) is 0 Å². The van der Waals surface area contributed by atoms with E-state index in [0.29, 0.717) is 6.07 Å². The Hall–Kier alpha value is -1.12. The van der Waals surface area contributed by atoms with Crippen molar-refractivity contribution in [3.63, 3.8) is 0 Å². The van der Waals surface area contributed by atoms with E-state index in [-0.39, 0.29) is 12.1 Å². The molecule has 0 atom stereocenters. The maximum absolute atomic E-state index is 12.7. The molecule has 0 spiro atoms. The maximum atomic E-state index is 12.7. The van der Waals surface area contributed by atoms with Gasteiger partial charge in [0.25, 0.3) is 0 Å². The average Bonchev–Trinajstić information content (AvgIpc) is 2.25. The van der Waals surface area contributed by atoms with Gasteiger partial charge in [-0.15, -0.1) is 0 Å². The van der Waals surface area contributed by atoms with Crippen LogP contribution in [0.2, 0.25) is 0 Å². The summed E-state index contributed by atoms with van der Waals surface area (Å²) >= 11 is 0. The minimum Gasteiger partial charge on any atom is -0.389 e. The molecule has 1 aromatic rings. The topological polar surface area (TPSA) is 57.6 Å². The number of sulfonamides is 1. The Bertz CT molecular complexity index is 619. The fourth-order valence-corrected chi connectivity index (χ4v) is 3.42. The van der Waals surface area contributed by atoms with Gasteiger partial charge in [-0.2, -0.15) is 17.5 Å². The monoisotopic (exact) mass is 325 g/mol. The minimum atomic E-state index is -4.62. The van der Waals surface area contributed by atoms with Crippen LogP contribution in [-0.2, 0) is 16.2 Å². The highest BCUT2D eigenvalue weighted by atomic mass is 32.2. The van der Waals surface area contributed by atoms with Crippen molar-refractivity contribution in [1.82, 2.24) is 4.31 Å². The lowest BCUT2D eigenvalue weighted by Crippen LogP contribution is -2.39. The molecule has 120 valence electrons. The predicted molar refractivity (Wildman–Crippen MR) is 72.3 cm³/mol. The largest absolute Gasteiger partial charge is 0.416 e. The molecule has 0 aliphatic rings. The molecule has 21 heavy (non-hydrogen) atoms. The molecule has 0 fully saturated rings. The molecule has 0 aliphatic heterocycles. The van der Waals surface area contributed by atoms with Crippen LogP contribution in [0, 0.1) is 6.92 Å². The van der Waals surface area contributed by atoms with E-state index in [1.807, 2.05) is 0 Å². The van der Waals surface area contributed by atoms with E-state index in [1.54, 1.807) is 0 Å². The first-order chi connectivity index (χ1) is 9.25. The Morgan fingerprint density at radius 1 is 1.24 bits per heavy atom. The third-order valence-electron chi connectivity index (χ3n) is 2.81. The van der Waals surface area contributed by atoms with Crippen molar-refractivity contribution in [2.24, 2.45) is 0 Å². The SMILES string of the molecule is Cc1ccc(C(F)(F)F)cc1S(=O)(=O)N(C)CC(C)(C)O. The number of likely N-dealkylation sites (N-methyl/N-ethyl adjacent to an activating group) is 1. The molecule has 0 saturated heterocycles. The molecule has 0 aromatic heterocycles. The number of hydrogen-bond donors (Lipinski definition) is 1. The molecule has 1 aromatic carbocycles. The Balaban J connectivity index is 3.32. The van der Waals surface area contributed by atoms with Gasteiger partial charge in [-0.25, -0.2) is 8.42 Å². The van der Waals surface area contributed by atoms with Crippen molar-refractivity contribution in [3.8, 4) is 0 Å². The molecule has 0 amide bonds. The summed E-state index contributed by atoms with van der Waals surface area (Å²) in [6, 6.07) is 2.57. The van der Waals surface area contributed by atoms with Gasteiger partial charge in [0.05, 0.1) is 16.1 Å². The summed E-state index contributed by atoms with van der Waals surface area (Å²) in [6.45, 7) is 4.02. The second-order valence-corrected chi connectivity index (χ2v) is 7.56. The van der Waals surface area contributed by atoms with Crippen LogP contribution < -0.4 is 0 Å². The Labute approximate surface area is 122 Å². The summed E-state index contributed by atoms with van der Waals surface area (Å²) < 4.78 is 63.7. The van der Waals surface area contributed by atoms with Crippen LogP contribution >= 0.6 is 0 Å². The second kappa shape index (κ2) is 5.58. The van der Waals surface area contributed by atoms with Crippen molar-refractivity contribution in [2.75, 3.05) is 13.6 Å². The number of halogens is 3. The number of aliphatic hydroxyl groups is 1. The highest BCUT2D eigenvalue weighted by Crippen LogP contribution is 2.32. The predicted octanol–water partition coefficient (Wildman–Crippen LogP) is 2.41. The van der Waals surface area contributed by atoms with Gasteiger partial charge >= 0.3 is 6.18 Å². The lowest BCUT2D eigenvalue weighted by atomic mass is 10.1. The van der Waals surface area contributed by atoms with Crippen LogP contribution in [0.4, 0.5) is 13.2 Å². The van der Waals surface area contributed by atoms with Gasteiger partial charge in [0, 0.05) is 13.6 Å². The van der Waals surface area contributed by atoms with Crippen molar-refractivity contribution < 1.29 is 26.7 Å². The summed E-state index contributed by atoms with van der Waals surface area (Å²) in [5.74, 6) is 0. The number of rotatable bonds is 4. The molecular weight excluding hydrogens is 307 g/mol. The van der Waals surface area contributed by atoms with Crippen LogP contribution in [-0.4, -0.2) is 37.0 Å². The Morgan fingerprint density at radius 3 is 2.19 bits per heavy atom. The molecule has 0 saturated carbocycles. The van der Waals surface area contributed by atoms with Crippen LogP contribution in [0.25, 0.3) is 0 Å². The lowest BCUT2D eigenvalue weighted by molar-refractivity contribution is -0.137. The summed E-state index contributed by atoms with van der Waals surface area (Å²) in [5, 5.41) is 9.67. The molecule has 0 unspecified atom stereocenters. The Morgan fingerprint density at radius 2 is 1.76 bits per heavy atom. The van der Waals surface area contributed by atoms with E-state index in [9.17, 15) is 26.7 Å². The molecule has 4 nitrogen and oxygen atoms in total. The normalized spacial score (nSPS) is 13.8. The standard InChI is InChI=1S/C13H18F3NO3S/c1-9-5-6-10(13(14,15)16)7-11(9)21(19,20)17(4)8-12(2,3)18/h5-7,18H,8H2,1-4H3. The quantitative estimate of drug-likeness (QED) is 0.925. The number of aryl methyl sites for hydroxylation is 1. The number of nitrogens with zero attached hydrogens (tertiary/aromatic N) is 1. The van der Waals surface area contributed by atoms with Crippen molar-refractivity contribution >= 4 is 10.0 Å². The number of benzene rings is 1. The molecule has 0 radical (unpaired) electrons. The van der Waals surface area contributed by atoms with E-state index < -0.39 is 32.3 Å². The summed E-state index contributed by atoms with van der Waals surface area (Å²) in [5.41, 5.74) is -2.11. The van der Waals surface area contributed by atoms with Crippen molar-refractivity contribution in [1.29, 1.82) is 0 Å². The molecule has 0 heterocycles. The zero-order chi connectivity index (χ0) is 16.6. The first-order valence-corrected chi connectivity index (χ1v) is 7.56. The van der Waals surface area contributed by atoms with E-state index in [0.717, 1.165) is 16.4 Å². The highest BCUT2D eigenvalue weighted by Gasteiger charge is 2.34. The molecule has 1 rings (SSSR count). The van der Waals surface area contributed by atoms with Crippen LogP contribution in [0.5, 0.6) is 0 Å². The van der Waals surface area contributed by atoms with E-state index in [1.165, 1.54) is 27.8 Å². The van der Waals surface area contributed by atoms with Gasteiger partial charge in [-0.3, -0.25) is 0 Å². The van der Waals surface area contributed by atoms with Crippen molar-refractivity contribution in [3.05, 3.63) is 29.3 Å². The van der Waals surface area contributed by atoms with Gasteiger partial charge in [0.15, 0.2) is 0 Å². The fraction of sp³-hybridized carbons (Fsp3) is 0.538. The first kappa shape index (κ1) is 17.9. The first-order valence-electron chi connectivity index (χ1n) is 6.12. The third kappa shape index (κ3) is 4.42. The molecule has 1 N–H and O–H groups in total. The summed E-state index contributed by atoms with van der Waals surface area (Å²) in [7, 11) is -2.90. The van der Waals surface area contributed by atoms with Crippen molar-refractivity contribution in [2.45, 2.75) is 37.4 Å². The zero-order valence-corrected chi connectivity index (χ0v) is 13.0. The maximum Gasteiger partial charge on any atom is 0.416 e. The van der Waals surface area contributed by atoms with E-state index in [2.05, 4.69) is 0 Å². The van der Waals surface area contributed by atoms with Gasteiger partial charge < -0.3 is 5.11 Å². The molecular formula is C13H18F3NO3S. The lowest BCUT2D eigenvalue weighted by Gasteiger charge is -2.26. The van der Waals surface area contributed by atoms with Gasteiger partial charge in [0.2, 0.25) is 10.0 Å². The highest BCUT2D eigenvalue weighted by molar-refractivity contribution is 7.89.